The summed E-state index contributed by atoms with van der Waals surface area (Å²) in [5.74, 6) is 0.675. The van der Waals surface area contributed by atoms with Gasteiger partial charge in [0.25, 0.3) is 5.69 Å². The summed E-state index contributed by atoms with van der Waals surface area (Å²) in [5.41, 5.74) is 2.44. The Morgan fingerprint density at radius 1 is 0.958 bits per heavy atom. The smallest absolute Gasteiger partial charge is 0.278 e. The Morgan fingerprint density at radius 2 is 1.75 bits per heavy atom. The van der Waals surface area contributed by atoms with Crippen molar-refractivity contribution in [3.8, 4) is 16.9 Å². The first-order valence-corrected chi connectivity index (χ1v) is 8.14. The second-order valence-corrected chi connectivity index (χ2v) is 6.14. The summed E-state index contributed by atoms with van der Waals surface area (Å²) >= 11 is 3.27. The van der Waals surface area contributed by atoms with Gasteiger partial charge in [0.1, 0.15) is 12.4 Å². The van der Waals surface area contributed by atoms with Gasteiger partial charge in [0.15, 0.2) is 0 Å². The van der Waals surface area contributed by atoms with Gasteiger partial charge in [0.05, 0.1) is 10.5 Å². The van der Waals surface area contributed by atoms with E-state index in [2.05, 4.69) is 15.9 Å². The average Bonchev–Trinajstić information content (AvgIpc) is 2.61. The molecular weight excluding hydrogens is 370 g/mol. The summed E-state index contributed by atoms with van der Waals surface area (Å²) in [6, 6.07) is 22.2. The molecule has 0 radical (unpaired) electrons. The largest absolute Gasteiger partial charge is 0.489 e. The average molecular weight is 384 g/mol. The quantitative estimate of drug-likeness (QED) is 0.425. The summed E-state index contributed by atoms with van der Waals surface area (Å²) in [6.07, 6.45) is 0. The van der Waals surface area contributed by atoms with Gasteiger partial charge in [-0.3, -0.25) is 10.1 Å². The van der Waals surface area contributed by atoms with Crippen LogP contribution >= 0.6 is 15.9 Å². The highest BCUT2D eigenvalue weighted by molar-refractivity contribution is 9.10. The third-order valence-corrected chi connectivity index (χ3v) is 4.04. The third kappa shape index (κ3) is 3.81. The Labute approximate surface area is 148 Å². The van der Waals surface area contributed by atoms with Crippen molar-refractivity contribution in [2.45, 2.75) is 6.61 Å². The van der Waals surface area contributed by atoms with E-state index in [0.29, 0.717) is 22.4 Å². The minimum Gasteiger partial charge on any atom is -0.489 e. The molecular formula is C19H14BrNO3. The van der Waals surface area contributed by atoms with Crippen LogP contribution in [0.25, 0.3) is 11.1 Å². The molecule has 3 aromatic carbocycles. The number of rotatable bonds is 5. The molecule has 5 heteroatoms. The van der Waals surface area contributed by atoms with Gasteiger partial charge in [-0.25, -0.2) is 0 Å². The predicted octanol–water partition coefficient (Wildman–Crippen LogP) is 5.60. The molecule has 0 unspecified atom stereocenters. The number of hydrogen-bond donors (Lipinski definition) is 0. The summed E-state index contributed by atoms with van der Waals surface area (Å²) < 4.78 is 6.47. The lowest BCUT2D eigenvalue weighted by molar-refractivity contribution is -0.384. The lowest BCUT2D eigenvalue weighted by atomic mass is 10.0. The van der Waals surface area contributed by atoms with Crippen LogP contribution in [0.3, 0.4) is 0 Å². The Kier molecular flexibility index (Phi) is 4.91. The maximum Gasteiger partial charge on any atom is 0.278 e. The maximum atomic E-state index is 11.3. The molecule has 0 aliphatic heterocycles. The van der Waals surface area contributed by atoms with Crippen LogP contribution in [0.5, 0.6) is 5.75 Å². The van der Waals surface area contributed by atoms with Crippen LogP contribution in [0.2, 0.25) is 0 Å². The van der Waals surface area contributed by atoms with Crippen LogP contribution in [-0.2, 0) is 6.61 Å². The number of benzene rings is 3. The number of nitro groups is 1. The highest BCUT2D eigenvalue weighted by atomic mass is 79.9. The van der Waals surface area contributed by atoms with Gasteiger partial charge in [-0.15, -0.1) is 0 Å². The molecule has 0 N–H and O–H groups in total. The van der Waals surface area contributed by atoms with Gasteiger partial charge in [-0.2, -0.15) is 0 Å². The van der Waals surface area contributed by atoms with Crippen molar-refractivity contribution in [3.63, 3.8) is 0 Å². The molecule has 0 amide bonds. The molecule has 0 saturated heterocycles. The van der Waals surface area contributed by atoms with E-state index >= 15 is 0 Å². The standard InChI is InChI=1S/C19H14BrNO3/c20-16-9-10-18(19(12-16)21(22)23)15-7-4-8-17(11-15)24-13-14-5-2-1-3-6-14/h1-12H,13H2. The lowest BCUT2D eigenvalue weighted by Crippen LogP contribution is -1.96. The van der Waals surface area contributed by atoms with Gasteiger partial charge < -0.3 is 4.74 Å². The Morgan fingerprint density at radius 3 is 2.50 bits per heavy atom. The Balaban J connectivity index is 1.87. The van der Waals surface area contributed by atoms with E-state index in [4.69, 9.17) is 4.74 Å². The third-order valence-electron chi connectivity index (χ3n) is 3.55. The number of nitrogens with zero attached hydrogens (tertiary/aromatic N) is 1. The molecule has 4 nitrogen and oxygen atoms in total. The Bertz CT molecular complexity index is 865. The van der Waals surface area contributed by atoms with E-state index in [-0.39, 0.29) is 10.6 Å². The number of nitro benzene ring substituents is 1. The van der Waals surface area contributed by atoms with Gasteiger partial charge in [-0.1, -0.05) is 58.4 Å². The molecule has 0 aromatic heterocycles. The first kappa shape index (κ1) is 16.2. The first-order valence-electron chi connectivity index (χ1n) is 7.34. The van der Waals surface area contributed by atoms with Crippen molar-refractivity contribution < 1.29 is 9.66 Å². The zero-order valence-corrected chi connectivity index (χ0v) is 14.3. The maximum absolute atomic E-state index is 11.3. The summed E-state index contributed by atoms with van der Waals surface area (Å²) in [4.78, 5) is 10.9. The van der Waals surface area contributed by atoms with E-state index < -0.39 is 0 Å². The second kappa shape index (κ2) is 7.27. The van der Waals surface area contributed by atoms with Gasteiger partial charge in [0, 0.05) is 10.5 Å². The molecule has 0 spiro atoms. The molecule has 0 saturated carbocycles. The number of halogens is 1. The van der Waals surface area contributed by atoms with Crippen molar-refractivity contribution in [2.75, 3.05) is 0 Å². The minimum atomic E-state index is -0.377. The van der Waals surface area contributed by atoms with Crippen LogP contribution < -0.4 is 4.74 Å². The molecule has 0 bridgehead atoms. The van der Waals surface area contributed by atoms with Crippen LogP contribution in [0.4, 0.5) is 5.69 Å². The fraction of sp³-hybridized carbons (Fsp3) is 0.0526. The van der Waals surface area contributed by atoms with Crippen molar-refractivity contribution in [1.29, 1.82) is 0 Å². The molecule has 0 atom stereocenters. The zero-order chi connectivity index (χ0) is 16.9. The van der Waals surface area contributed by atoms with Gasteiger partial charge in [-0.05, 0) is 35.4 Å². The van der Waals surface area contributed by atoms with Crippen LogP contribution in [-0.4, -0.2) is 4.92 Å². The fourth-order valence-corrected chi connectivity index (χ4v) is 2.74. The highest BCUT2D eigenvalue weighted by Gasteiger charge is 2.16. The lowest BCUT2D eigenvalue weighted by Gasteiger charge is -2.09. The van der Waals surface area contributed by atoms with Crippen LogP contribution in [0.15, 0.2) is 77.3 Å². The minimum absolute atomic E-state index is 0.0598. The molecule has 3 rings (SSSR count). The van der Waals surface area contributed by atoms with E-state index in [1.165, 1.54) is 6.07 Å². The van der Waals surface area contributed by atoms with Gasteiger partial charge in [0.2, 0.25) is 0 Å². The van der Waals surface area contributed by atoms with Crippen molar-refractivity contribution in [3.05, 3.63) is 92.9 Å². The summed E-state index contributed by atoms with van der Waals surface area (Å²) in [6.45, 7) is 0.451. The molecule has 0 aliphatic carbocycles. The van der Waals surface area contributed by atoms with Gasteiger partial charge >= 0.3 is 0 Å². The second-order valence-electron chi connectivity index (χ2n) is 5.22. The van der Waals surface area contributed by atoms with E-state index in [1.807, 2.05) is 54.6 Å². The van der Waals surface area contributed by atoms with Crippen LogP contribution in [0.1, 0.15) is 5.56 Å². The Hall–Kier alpha value is -2.66. The SMILES string of the molecule is O=[N+]([O-])c1cc(Br)ccc1-c1cccc(OCc2ccccc2)c1. The van der Waals surface area contributed by atoms with Crippen molar-refractivity contribution in [2.24, 2.45) is 0 Å². The molecule has 120 valence electrons. The normalized spacial score (nSPS) is 10.4. The number of hydrogen-bond acceptors (Lipinski definition) is 3. The summed E-state index contributed by atoms with van der Waals surface area (Å²) in [7, 11) is 0. The zero-order valence-electron chi connectivity index (χ0n) is 12.7. The monoisotopic (exact) mass is 383 g/mol. The van der Waals surface area contributed by atoms with Crippen LogP contribution in [0, 0.1) is 10.1 Å². The van der Waals surface area contributed by atoms with Crippen molar-refractivity contribution in [1.82, 2.24) is 0 Å². The number of ether oxygens (including phenoxy) is 1. The van der Waals surface area contributed by atoms with E-state index in [1.54, 1.807) is 12.1 Å². The molecule has 0 fully saturated rings. The van der Waals surface area contributed by atoms with E-state index in [9.17, 15) is 10.1 Å². The molecule has 24 heavy (non-hydrogen) atoms. The molecule has 0 heterocycles. The molecule has 0 aliphatic rings. The first-order chi connectivity index (χ1) is 11.6. The highest BCUT2D eigenvalue weighted by Crippen LogP contribution is 2.34. The van der Waals surface area contributed by atoms with Crippen molar-refractivity contribution >= 4 is 21.6 Å². The molecule has 3 aromatic rings. The predicted molar refractivity (Wildman–Crippen MR) is 97.0 cm³/mol. The summed E-state index contributed by atoms with van der Waals surface area (Å²) in [5, 5.41) is 11.3. The fourth-order valence-electron chi connectivity index (χ4n) is 2.39. The van der Waals surface area contributed by atoms with E-state index in [0.717, 1.165) is 11.1 Å². The topological polar surface area (TPSA) is 52.4 Å².